The number of benzene rings is 1. The molecule has 0 unspecified atom stereocenters. The zero-order valence-corrected chi connectivity index (χ0v) is 11.0. The maximum atomic E-state index is 5.40. The van der Waals surface area contributed by atoms with Crippen LogP contribution in [-0.2, 0) is 6.54 Å². The number of hydrogen-bond donors (Lipinski definition) is 1. The lowest BCUT2D eigenvalue weighted by atomic mass is 10.0. The van der Waals surface area contributed by atoms with E-state index in [-0.39, 0.29) is 5.54 Å². The highest BCUT2D eigenvalue weighted by Gasteiger charge is 2.25. The number of hydrogen-bond acceptors (Lipinski definition) is 3. The summed E-state index contributed by atoms with van der Waals surface area (Å²) in [6, 6.07) is 8.27. The lowest BCUT2D eigenvalue weighted by Gasteiger charge is -2.39. The fraction of sp³-hybridized carbons (Fsp3) is 0.571. The number of nitrogens with zero attached hydrogens (tertiary/aromatic N) is 1. The van der Waals surface area contributed by atoms with E-state index in [4.69, 9.17) is 4.74 Å². The molecule has 3 nitrogen and oxygen atoms in total. The van der Waals surface area contributed by atoms with Crippen molar-refractivity contribution in [3.8, 4) is 5.75 Å². The van der Waals surface area contributed by atoms with Gasteiger partial charge in [0.25, 0.3) is 0 Å². The summed E-state index contributed by atoms with van der Waals surface area (Å²) < 4.78 is 5.40. The number of piperazine rings is 1. The fourth-order valence-electron chi connectivity index (χ4n) is 2.46. The standard InChI is InChI=1S/C14H22N2O/c1-14(2)11-16(9-8-15-14)10-12-6-4-5-7-13(12)17-3/h4-7,15H,8-11H2,1-3H3. The van der Waals surface area contributed by atoms with E-state index < -0.39 is 0 Å². The molecule has 0 spiro atoms. The molecule has 3 heteroatoms. The summed E-state index contributed by atoms with van der Waals surface area (Å²) in [5.41, 5.74) is 1.48. The number of ether oxygens (including phenoxy) is 1. The quantitative estimate of drug-likeness (QED) is 0.864. The molecule has 0 atom stereocenters. The Labute approximate surface area is 104 Å². The predicted molar refractivity (Wildman–Crippen MR) is 70.4 cm³/mol. The van der Waals surface area contributed by atoms with Crippen molar-refractivity contribution in [2.24, 2.45) is 0 Å². The van der Waals surface area contributed by atoms with Gasteiger partial charge in [0.05, 0.1) is 7.11 Å². The lowest BCUT2D eigenvalue weighted by Crippen LogP contribution is -2.56. The second kappa shape index (κ2) is 5.07. The summed E-state index contributed by atoms with van der Waals surface area (Å²) >= 11 is 0. The van der Waals surface area contributed by atoms with Crippen molar-refractivity contribution in [3.05, 3.63) is 29.8 Å². The van der Waals surface area contributed by atoms with E-state index in [0.717, 1.165) is 31.9 Å². The minimum atomic E-state index is 0.209. The molecule has 0 amide bonds. The molecule has 1 aliphatic heterocycles. The van der Waals surface area contributed by atoms with Gasteiger partial charge in [0.1, 0.15) is 5.75 Å². The predicted octanol–water partition coefficient (Wildman–Crippen LogP) is 1.88. The number of rotatable bonds is 3. The van der Waals surface area contributed by atoms with E-state index in [1.807, 2.05) is 12.1 Å². The first-order valence-electron chi connectivity index (χ1n) is 6.20. The first-order valence-corrected chi connectivity index (χ1v) is 6.20. The van der Waals surface area contributed by atoms with Crippen LogP contribution in [-0.4, -0.2) is 37.2 Å². The van der Waals surface area contributed by atoms with Crippen molar-refractivity contribution in [3.63, 3.8) is 0 Å². The Morgan fingerprint density at radius 1 is 1.35 bits per heavy atom. The molecule has 1 aliphatic rings. The summed E-state index contributed by atoms with van der Waals surface area (Å²) in [5, 5.41) is 3.53. The number of methoxy groups -OCH3 is 1. The minimum Gasteiger partial charge on any atom is -0.496 e. The van der Waals surface area contributed by atoms with Crippen molar-refractivity contribution >= 4 is 0 Å². The topological polar surface area (TPSA) is 24.5 Å². The van der Waals surface area contributed by atoms with Crippen LogP contribution < -0.4 is 10.1 Å². The third kappa shape index (κ3) is 3.20. The van der Waals surface area contributed by atoms with Gasteiger partial charge in [0.15, 0.2) is 0 Å². The Morgan fingerprint density at radius 2 is 2.12 bits per heavy atom. The third-order valence-corrected chi connectivity index (χ3v) is 3.24. The monoisotopic (exact) mass is 234 g/mol. The van der Waals surface area contributed by atoms with Crippen LogP contribution in [0.3, 0.4) is 0 Å². The van der Waals surface area contributed by atoms with E-state index in [1.165, 1.54) is 5.56 Å². The maximum Gasteiger partial charge on any atom is 0.123 e. The molecule has 94 valence electrons. The summed E-state index contributed by atoms with van der Waals surface area (Å²) in [5.74, 6) is 0.990. The highest BCUT2D eigenvalue weighted by Crippen LogP contribution is 2.21. The van der Waals surface area contributed by atoms with Crippen LogP contribution in [0, 0.1) is 0 Å². The molecule has 1 saturated heterocycles. The average molecular weight is 234 g/mol. The molecule has 1 aromatic rings. The van der Waals surface area contributed by atoms with Crippen molar-refractivity contribution < 1.29 is 4.74 Å². The van der Waals surface area contributed by atoms with Crippen LogP contribution in [0.25, 0.3) is 0 Å². The molecular formula is C14H22N2O. The Morgan fingerprint density at radius 3 is 2.82 bits per heavy atom. The molecule has 1 N–H and O–H groups in total. The van der Waals surface area contributed by atoms with Gasteiger partial charge in [0.2, 0.25) is 0 Å². The molecule has 0 radical (unpaired) electrons. The Balaban J connectivity index is 2.05. The Bertz CT molecular complexity index is 376. The Kier molecular flexibility index (Phi) is 3.69. The van der Waals surface area contributed by atoms with E-state index in [1.54, 1.807) is 7.11 Å². The molecule has 17 heavy (non-hydrogen) atoms. The minimum absolute atomic E-state index is 0.209. The van der Waals surface area contributed by atoms with Gasteiger partial charge in [-0.15, -0.1) is 0 Å². The number of para-hydroxylation sites is 1. The summed E-state index contributed by atoms with van der Waals surface area (Å²) in [7, 11) is 1.74. The van der Waals surface area contributed by atoms with E-state index in [2.05, 4.69) is 36.2 Å². The number of nitrogens with one attached hydrogen (secondary N) is 1. The van der Waals surface area contributed by atoms with Gasteiger partial charge in [-0.1, -0.05) is 18.2 Å². The van der Waals surface area contributed by atoms with Crippen LogP contribution in [0.15, 0.2) is 24.3 Å². The summed E-state index contributed by atoms with van der Waals surface area (Å²) in [6.07, 6.45) is 0. The van der Waals surface area contributed by atoms with Gasteiger partial charge in [-0.25, -0.2) is 0 Å². The molecule has 0 bridgehead atoms. The Hall–Kier alpha value is -1.06. The van der Waals surface area contributed by atoms with Gasteiger partial charge in [0, 0.05) is 37.3 Å². The first-order chi connectivity index (χ1) is 8.11. The molecular weight excluding hydrogens is 212 g/mol. The largest absolute Gasteiger partial charge is 0.496 e. The van der Waals surface area contributed by atoms with Gasteiger partial charge in [-0.3, -0.25) is 4.90 Å². The zero-order valence-electron chi connectivity index (χ0n) is 11.0. The smallest absolute Gasteiger partial charge is 0.123 e. The van der Waals surface area contributed by atoms with Gasteiger partial charge < -0.3 is 10.1 Å². The van der Waals surface area contributed by atoms with Crippen molar-refractivity contribution in [2.45, 2.75) is 25.9 Å². The van der Waals surface area contributed by atoms with E-state index in [0.29, 0.717) is 0 Å². The molecule has 0 aromatic heterocycles. The van der Waals surface area contributed by atoms with Crippen LogP contribution in [0.2, 0.25) is 0 Å². The highest BCUT2D eigenvalue weighted by molar-refractivity contribution is 5.33. The molecule has 1 heterocycles. The molecule has 2 rings (SSSR count). The van der Waals surface area contributed by atoms with Gasteiger partial charge in [-0.05, 0) is 19.9 Å². The van der Waals surface area contributed by atoms with Crippen LogP contribution >= 0.6 is 0 Å². The summed E-state index contributed by atoms with van der Waals surface area (Å²) in [4.78, 5) is 2.48. The first kappa shape index (κ1) is 12.4. The van der Waals surface area contributed by atoms with Crippen molar-refractivity contribution in [2.75, 3.05) is 26.7 Å². The van der Waals surface area contributed by atoms with Crippen LogP contribution in [0.4, 0.5) is 0 Å². The third-order valence-electron chi connectivity index (χ3n) is 3.24. The molecule has 0 saturated carbocycles. The van der Waals surface area contributed by atoms with Gasteiger partial charge in [-0.2, -0.15) is 0 Å². The highest BCUT2D eigenvalue weighted by atomic mass is 16.5. The molecule has 1 fully saturated rings. The van der Waals surface area contributed by atoms with E-state index >= 15 is 0 Å². The normalized spacial score (nSPS) is 20.2. The summed E-state index contributed by atoms with van der Waals surface area (Å²) in [6.45, 7) is 8.70. The second-order valence-electron chi connectivity index (χ2n) is 5.33. The van der Waals surface area contributed by atoms with Crippen molar-refractivity contribution in [1.82, 2.24) is 10.2 Å². The lowest BCUT2D eigenvalue weighted by molar-refractivity contribution is 0.147. The molecule has 0 aliphatic carbocycles. The van der Waals surface area contributed by atoms with Crippen molar-refractivity contribution in [1.29, 1.82) is 0 Å². The van der Waals surface area contributed by atoms with Crippen LogP contribution in [0.5, 0.6) is 5.75 Å². The SMILES string of the molecule is COc1ccccc1CN1CCNC(C)(C)C1. The average Bonchev–Trinajstić information content (AvgIpc) is 2.28. The second-order valence-corrected chi connectivity index (χ2v) is 5.33. The fourth-order valence-corrected chi connectivity index (χ4v) is 2.46. The van der Waals surface area contributed by atoms with E-state index in [9.17, 15) is 0 Å². The maximum absolute atomic E-state index is 5.40. The zero-order chi connectivity index (χ0) is 12.3. The van der Waals surface area contributed by atoms with Crippen LogP contribution in [0.1, 0.15) is 19.4 Å². The molecule has 1 aromatic carbocycles. The van der Waals surface area contributed by atoms with Gasteiger partial charge >= 0.3 is 0 Å².